The number of benzene rings is 1. The molecule has 1 unspecified atom stereocenters. The van der Waals surface area contributed by atoms with E-state index in [1.807, 2.05) is 6.07 Å². The van der Waals surface area contributed by atoms with Crippen LogP contribution >= 0.6 is 0 Å². The molecule has 1 aromatic rings. The van der Waals surface area contributed by atoms with Gasteiger partial charge in [-0.1, -0.05) is 6.07 Å². The number of nitrogens with one attached hydrogen (secondary N) is 1. The monoisotopic (exact) mass is 207 g/mol. The van der Waals surface area contributed by atoms with Crippen molar-refractivity contribution in [3.8, 4) is 5.75 Å². The fourth-order valence-electron chi connectivity index (χ4n) is 2.02. The summed E-state index contributed by atoms with van der Waals surface area (Å²) in [5.41, 5.74) is 2.36. The maximum atomic E-state index is 9.39. The fraction of sp³-hybridized carbons (Fsp3) is 0.500. The molecule has 0 fully saturated rings. The number of aromatic hydroxyl groups is 1. The zero-order valence-electron chi connectivity index (χ0n) is 8.99. The van der Waals surface area contributed by atoms with E-state index in [0.29, 0.717) is 11.8 Å². The molecule has 1 aliphatic heterocycles. The molecule has 0 aliphatic carbocycles. The third kappa shape index (κ3) is 2.42. The van der Waals surface area contributed by atoms with Crippen molar-refractivity contribution in [1.82, 2.24) is 0 Å². The lowest BCUT2D eigenvalue weighted by Crippen LogP contribution is -2.26. The highest BCUT2D eigenvalue weighted by Crippen LogP contribution is 2.28. The Labute approximate surface area is 90.1 Å². The van der Waals surface area contributed by atoms with Crippen molar-refractivity contribution in [2.24, 2.45) is 0 Å². The normalized spacial score (nSPS) is 19.4. The summed E-state index contributed by atoms with van der Waals surface area (Å²) in [6, 6.07) is 6.01. The predicted octanol–water partition coefficient (Wildman–Crippen LogP) is 2.16. The van der Waals surface area contributed by atoms with E-state index in [1.54, 1.807) is 19.2 Å². The minimum atomic E-state index is 0.327. The Kier molecular flexibility index (Phi) is 3.11. The molecule has 82 valence electrons. The average molecular weight is 207 g/mol. The number of phenolic OH excluding ortho intramolecular Hbond substituents is 1. The second kappa shape index (κ2) is 4.53. The molecule has 15 heavy (non-hydrogen) atoms. The van der Waals surface area contributed by atoms with Gasteiger partial charge in [-0.2, -0.15) is 0 Å². The van der Waals surface area contributed by atoms with Crippen molar-refractivity contribution in [2.45, 2.75) is 25.3 Å². The molecule has 0 saturated heterocycles. The minimum Gasteiger partial charge on any atom is -0.508 e. The number of phenols is 1. The van der Waals surface area contributed by atoms with Crippen molar-refractivity contribution in [3.05, 3.63) is 23.8 Å². The number of anilines is 1. The van der Waals surface area contributed by atoms with Gasteiger partial charge in [0.1, 0.15) is 5.75 Å². The molecule has 2 rings (SSSR count). The van der Waals surface area contributed by atoms with Gasteiger partial charge >= 0.3 is 0 Å². The summed E-state index contributed by atoms with van der Waals surface area (Å²) in [5.74, 6) is 0.327. The summed E-state index contributed by atoms with van der Waals surface area (Å²) in [6.07, 6.45) is 3.24. The zero-order valence-corrected chi connectivity index (χ0v) is 8.99. The lowest BCUT2D eigenvalue weighted by Gasteiger charge is -2.26. The number of aryl methyl sites for hydroxylation is 1. The van der Waals surface area contributed by atoms with E-state index in [0.717, 1.165) is 31.6 Å². The second-order valence-corrected chi connectivity index (χ2v) is 4.00. The maximum absolute atomic E-state index is 9.39. The largest absolute Gasteiger partial charge is 0.508 e. The number of fused-ring (bicyclic) bond motifs is 1. The summed E-state index contributed by atoms with van der Waals surface area (Å²) in [5, 5.41) is 12.8. The highest BCUT2D eigenvalue weighted by Gasteiger charge is 2.17. The molecule has 0 radical (unpaired) electrons. The van der Waals surface area contributed by atoms with E-state index in [1.165, 1.54) is 5.56 Å². The molecule has 2 N–H and O–H groups in total. The second-order valence-electron chi connectivity index (χ2n) is 4.00. The van der Waals surface area contributed by atoms with Crippen molar-refractivity contribution in [2.75, 3.05) is 19.0 Å². The SMILES string of the molecule is COCCC1CCc2ccc(O)cc2N1. The van der Waals surface area contributed by atoms with Gasteiger partial charge in [0.15, 0.2) is 0 Å². The van der Waals surface area contributed by atoms with Crippen LogP contribution in [0.25, 0.3) is 0 Å². The lowest BCUT2D eigenvalue weighted by atomic mass is 9.96. The average Bonchev–Trinajstić information content (AvgIpc) is 2.25. The smallest absolute Gasteiger partial charge is 0.117 e. The van der Waals surface area contributed by atoms with E-state index >= 15 is 0 Å². The Bertz CT molecular complexity index is 338. The summed E-state index contributed by atoms with van der Waals surface area (Å²) in [4.78, 5) is 0. The van der Waals surface area contributed by atoms with E-state index in [-0.39, 0.29) is 0 Å². The quantitative estimate of drug-likeness (QED) is 0.798. The Morgan fingerprint density at radius 3 is 3.20 bits per heavy atom. The van der Waals surface area contributed by atoms with Gasteiger partial charge in [0.25, 0.3) is 0 Å². The van der Waals surface area contributed by atoms with E-state index in [4.69, 9.17) is 4.74 Å². The molecule has 0 bridgehead atoms. The number of hydrogen-bond acceptors (Lipinski definition) is 3. The van der Waals surface area contributed by atoms with Crippen LogP contribution in [0.4, 0.5) is 5.69 Å². The Balaban J connectivity index is 2.05. The fourth-order valence-corrected chi connectivity index (χ4v) is 2.02. The van der Waals surface area contributed by atoms with Crippen molar-refractivity contribution in [3.63, 3.8) is 0 Å². The van der Waals surface area contributed by atoms with Crippen LogP contribution in [-0.4, -0.2) is 24.9 Å². The summed E-state index contributed by atoms with van der Waals surface area (Å²) in [6.45, 7) is 0.784. The molecule has 1 atom stereocenters. The summed E-state index contributed by atoms with van der Waals surface area (Å²) < 4.78 is 5.07. The van der Waals surface area contributed by atoms with Crippen LogP contribution in [0, 0.1) is 0 Å². The van der Waals surface area contributed by atoms with Crippen LogP contribution in [0.1, 0.15) is 18.4 Å². The van der Waals surface area contributed by atoms with Crippen molar-refractivity contribution in [1.29, 1.82) is 0 Å². The van der Waals surface area contributed by atoms with Crippen LogP contribution in [-0.2, 0) is 11.2 Å². The first-order valence-electron chi connectivity index (χ1n) is 5.37. The summed E-state index contributed by atoms with van der Waals surface area (Å²) in [7, 11) is 1.72. The molecule has 0 saturated carbocycles. The molecule has 3 heteroatoms. The number of methoxy groups -OCH3 is 1. The van der Waals surface area contributed by atoms with Crippen LogP contribution in [0.2, 0.25) is 0 Å². The predicted molar refractivity (Wildman–Crippen MR) is 60.3 cm³/mol. The molecular formula is C12H17NO2. The first kappa shape index (κ1) is 10.3. The third-order valence-corrected chi connectivity index (χ3v) is 2.89. The Morgan fingerprint density at radius 1 is 1.53 bits per heavy atom. The first-order valence-corrected chi connectivity index (χ1v) is 5.37. The molecule has 1 aliphatic rings. The van der Waals surface area contributed by atoms with Crippen LogP contribution < -0.4 is 5.32 Å². The molecule has 0 aromatic heterocycles. The van der Waals surface area contributed by atoms with Gasteiger partial charge in [-0.05, 0) is 30.9 Å². The topological polar surface area (TPSA) is 41.5 Å². The maximum Gasteiger partial charge on any atom is 0.117 e. The number of ether oxygens (including phenoxy) is 1. The van der Waals surface area contributed by atoms with Gasteiger partial charge < -0.3 is 15.2 Å². The Hall–Kier alpha value is -1.22. The highest BCUT2D eigenvalue weighted by molar-refractivity contribution is 5.57. The molecular weight excluding hydrogens is 190 g/mol. The van der Waals surface area contributed by atoms with E-state index in [2.05, 4.69) is 5.32 Å². The van der Waals surface area contributed by atoms with E-state index < -0.39 is 0 Å². The summed E-state index contributed by atoms with van der Waals surface area (Å²) >= 11 is 0. The number of hydrogen-bond donors (Lipinski definition) is 2. The van der Waals surface area contributed by atoms with Gasteiger partial charge in [0, 0.05) is 31.5 Å². The van der Waals surface area contributed by atoms with Gasteiger partial charge in [0.05, 0.1) is 0 Å². The molecule has 0 amide bonds. The van der Waals surface area contributed by atoms with Crippen LogP contribution in [0.3, 0.4) is 0 Å². The standard InChI is InChI=1S/C12H17NO2/c1-15-7-6-10-4-2-9-3-5-11(14)8-12(9)13-10/h3,5,8,10,13-14H,2,4,6-7H2,1H3. The van der Waals surface area contributed by atoms with Gasteiger partial charge in [-0.25, -0.2) is 0 Å². The van der Waals surface area contributed by atoms with Gasteiger partial charge in [0.2, 0.25) is 0 Å². The van der Waals surface area contributed by atoms with Gasteiger partial charge in [-0.15, -0.1) is 0 Å². The molecule has 3 nitrogen and oxygen atoms in total. The Morgan fingerprint density at radius 2 is 2.40 bits per heavy atom. The lowest BCUT2D eigenvalue weighted by molar-refractivity contribution is 0.188. The zero-order chi connectivity index (χ0) is 10.7. The molecule has 0 spiro atoms. The van der Waals surface area contributed by atoms with E-state index in [9.17, 15) is 5.11 Å². The minimum absolute atomic E-state index is 0.327. The number of rotatable bonds is 3. The first-order chi connectivity index (χ1) is 7.29. The van der Waals surface area contributed by atoms with Crippen molar-refractivity contribution < 1.29 is 9.84 Å². The van der Waals surface area contributed by atoms with Crippen LogP contribution in [0.15, 0.2) is 18.2 Å². The molecule has 1 heterocycles. The molecule has 1 aromatic carbocycles. The highest BCUT2D eigenvalue weighted by atomic mass is 16.5. The van der Waals surface area contributed by atoms with Crippen LogP contribution in [0.5, 0.6) is 5.75 Å². The third-order valence-electron chi connectivity index (χ3n) is 2.89. The van der Waals surface area contributed by atoms with Crippen molar-refractivity contribution >= 4 is 5.69 Å². The van der Waals surface area contributed by atoms with Gasteiger partial charge in [-0.3, -0.25) is 0 Å².